The molecule has 0 spiro atoms. The third-order valence-electron chi connectivity index (χ3n) is 1.58. The number of rotatable bonds is 6. The molecule has 13 heavy (non-hydrogen) atoms. The highest BCUT2D eigenvalue weighted by Crippen LogP contribution is 2.06. The standard InChI is InChI=1S/C9H15BrO3/c1-3-5-6-13-9(12)8(11)7(10)4-2/h7H,3-6H2,1-2H3/t7-/m1/s1. The van der Waals surface area contributed by atoms with Crippen molar-refractivity contribution in [3.63, 3.8) is 0 Å². The van der Waals surface area contributed by atoms with Crippen molar-refractivity contribution in [1.82, 2.24) is 0 Å². The topological polar surface area (TPSA) is 43.4 Å². The maximum atomic E-state index is 11.1. The number of carbonyl (C=O) groups excluding carboxylic acids is 2. The monoisotopic (exact) mass is 250 g/mol. The van der Waals surface area contributed by atoms with Crippen molar-refractivity contribution in [3.05, 3.63) is 0 Å². The molecular weight excluding hydrogens is 236 g/mol. The molecule has 4 heteroatoms. The summed E-state index contributed by atoms with van der Waals surface area (Å²) in [6.07, 6.45) is 2.35. The van der Waals surface area contributed by atoms with Gasteiger partial charge in [-0.3, -0.25) is 4.79 Å². The van der Waals surface area contributed by atoms with Crippen LogP contribution in [0.3, 0.4) is 0 Å². The zero-order valence-corrected chi connectivity index (χ0v) is 9.59. The molecule has 0 aromatic carbocycles. The van der Waals surface area contributed by atoms with E-state index in [-0.39, 0.29) is 0 Å². The second kappa shape index (κ2) is 7.06. The Morgan fingerprint density at radius 1 is 1.38 bits per heavy atom. The Balaban J connectivity index is 3.76. The van der Waals surface area contributed by atoms with Crippen LogP contribution in [0.4, 0.5) is 0 Å². The first-order valence-electron chi connectivity index (χ1n) is 4.48. The third kappa shape index (κ3) is 5.03. The van der Waals surface area contributed by atoms with Gasteiger partial charge in [-0.2, -0.15) is 0 Å². The fourth-order valence-corrected chi connectivity index (χ4v) is 0.881. The number of Topliss-reactive ketones (excluding diaryl/α,β-unsaturated/α-hetero) is 1. The average molecular weight is 251 g/mol. The van der Waals surface area contributed by atoms with Crippen LogP contribution in [-0.4, -0.2) is 23.2 Å². The maximum Gasteiger partial charge on any atom is 0.375 e. The minimum Gasteiger partial charge on any atom is -0.460 e. The maximum absolute atomic E-state index is 11.1. The summed E-state index contributed by atoms with van der Waals surface area (Å²) in [7, 11) is 0. The molecule has 1 atom stereocenters. The quantitative estimate of drug-likeness (QED) is 0.314. The van der Waals surface area contributed by atoms with Crippen LogP contribution in [0.15, 0.2) is 0 Å². The summed E-state index contributed by atoms with van der Waals surface area (Å²) in [5.74, 6) is -1.21. The van der Waals surface area contributed by atoms with E-state index < -0.39 is 16.6 Å². The normalized spacial score (nSPS) is 12.2. The molecule has 0 aromatic rings. The van der Waals surface area contributed by atoms with E-state index in [2.05, 4.69) is 15.9 Å². The second-order valence-corrected chi connectivity index (χ2v) is 3.83. The fraction of sp³-hybridized carbons (Fsp3) is 0.778. The Hall–Kier alpha value is -0.380. The lowest BCUT2D eigenvalue weighted by molar-refractivity contribution is -0.153. The molecule has 0 saturated heterocycles. The van der Waals surface area contributed by atoms with E-state index in [9.17, 15) is 9.59 Å². The molecule has 0 aliphatic heterocycles. The average Bonchev–Trinajstić information content (AvgIpc) is 2.15. The molecule has 0 aliphatic rings. The number of carbonyl (C=O) groups is 2. The molecule has 0 aromatic heterocycles. The van der Waals surface area contributed by atoms with Crippen LogP contribution in [0.2, 0.25) is 0 Å². The van der Waals surface area contributed by atoms with E-state index in [4.69, 9.17) is 4.74 Å². The number of ketones is 1. The molecule has 76 valence electrons. The van der Waals surface area contributed by atoms with E-state index in [1.165, 1.54) is 0 Å². The Morgan fingerprint density at radius 3 is 2.46 bits per heavy atom. The van der Waals surface area contributed by atoms with Gasteiger partial charge in [0.1, 0.15) is 0 Å². The molecule has 0 fully saturated rings. The number of halogens is 1. The van der Waals surface area contributed by atoms with Crippen LogP contribution >= 0.6 is 15.9 Å². The van der Waals surface area contributed by atoms with E-state index in [0.717, 1.165) is 12.8 Å². The zero-order valence-electron chi connectivity index (χ0n) is 8.01. The van der Waals surface area contributed by atoms with E-state index in [1.54, 1.807) is 0 Å². The summed E-state index contributed by atoms with van der Waals surface area (Å²) >= 11 is 3.10. The fourth-order valence-electron chi connectivity index (χ4n) is 0.694. The number of esters is 1. The molecule has 3 nitrogen and oxygen atoms in total. The van der Waals surface area contributed by atoms with Crippen molar-refractivity contribution in [2.75, 3.05) is 6.61 Å². The van der Waals surface area contributed by atoms with Gasteiger partial charge in [-0.15, -0.1) is 0 Å². The SMILES string of the molecule is CCCCOC(=O)C(=O)[C@H](Br)CC. The van der Waals surface area contributed by atoms with Crippen LogP contribution in [0.1, 0.15) is 33.1 Å². The summed E-state index contributed by atoms with van der Waals surface area (Å²) < 4.78 is 4.75. The largest absolute Gasteiger partial charge is 0.460 e. The molecule has 0 saturated carbocycles. The van der Waals surface area contributed by atoms with Crippen molar-refractivity contribution in [3.8, 4) is 0 Å². The summed E-state index contributed by atoms with van der Waals surface area (Å²) in [4.78, 5) is 21.8. The molecule has 0 heterocycles. The lowest BCUT2D eigenvalue weighted by atomic mass is 10.2. The minimum atomic E-state index is -0.725. The van der Waals surface area contributed by atoms with Crippen molar-refractivity contribution in [2.45, 2.75) is 37.9 Å². The van der Waals surface area contributed by atoms with Crippen molar-refractivity contribution in [1.29, 1.82) is 0 Å². The Kier molecular flexibility index (Phi) is 6.86. The number of unbranched alkanes of at least 4 members (excludes halogenated alkanes) is 1. The molecular formula is C9H15BrO3. The number of hydrogen-bond acceptors (Lipinski definition) is 3. The van der Waals surface area contributed by atoms with Gasteiger partial charge in [-0.25, -0.2) is 4.79 Å². The van der Waals surface area contributed by atoms with E-state index in [1.807, 2.05) is 13.8 Å². The van der Waals surface area contributed by atoms with Crippen LogP contribution in [-0.2, 0) is 14.3 Å². The van der Waals surface area contributed by atoms with Gasteiger partial charge in [0.25, 0.3) is 5.78 Å². The first kappa shape index (κ1) is 12.6. The van der Waals surface area contributed by atoms with Crippen LogP contribution in [0.5, 0.6) is 0 Å². The van der Waals surface area contributed by atoms with Crippen LogP contribution in [0.25, 0.3) is 0 Å². The second-order valence-electron chi connectivity index (χ2n) is 2.73. The summed E-state index contributed by atoms with van der Waals surface area (Å²) in [6.45, 7) is 4.16. The first-order chi connectivity index (χ1) is 6.13. The predicted molar refractivity (Wildman–Crippen MR) is 53.9 cm³/mol. The minimum absolute atomic E-state index is 0.338. The van der Waals surface area contributed by atoms with E-state index >= 15 is 0 Å². The van der Waals surface area contributed by atoms with Crippen molar-refractivity contribution in [2.24, 2.45) is 0 Å². The lowest BCUT2D eigenvalue weighted by Crippen LogP contribution is -2.25. The molecule has 0 bridgehead atoms. The molecule has 0 N–H and O–H groups in total. The van der Waals surface area contributed by atoms with Gasteiger partial charge >= 0.3 is 5.97 Å². The molecule has 0 amide bonds. The van der Waals surface area contributed by atoms with Crippen molar-refractivity contribution < 1.29 is 14.3 Å². The summed E-state index contributed by atoms with van der Waals surface area (Å²) in [6, 6.07) is 0. The number of alkyl halides is 1. The predicted octanol–water partition coefficient (Wildman–Crippen LogP) is 2.07. The Morgan fingerprint density at radius 2 is 2.00 bits per heavy atom. The van der Waals surface area contributed by atoms with E-state index in [0.29, 0.717) is 13.0 Å². The molecule has 0 rings (SSSR count). The molecule has 0 unspecified atom stereocenters. The third-order valence-corrected chi connectivity index (χ3v) is 2.64. The Labute approximate surface area is 87.0 Å². The first-order valence-corrected chi connectivity index (χ1v) is 5.40. The lowest BCUT2D eigenvalue weighted by Gasteiger charge is -2.05. The highest BCUT2D eigenvalue weighted by atomic mass is 79.9. The highest BCUT2D eigenvalue weighted by Gasteiger charge is 2.22. The highest BCUT2D eigenvalue weighted by molar-refractivity contribution is 9.10. The van der Waals surface area contributed by atoms with Gasteiger partial charge in [0.15, 0.2) is 0 Å². The van der Waals surface area contributed by atoms with Gasteiger partial charge in [-0.1, -0.05) is 36.2 Å². The van der Waals surface area contributed by atoms with Gasteiger partial charge in [0.2, 0.25) is 0 Å². The Bertz CT molecular complexity index is 180. The van der Waals surface area contributed by atoms with Gasteiger partial charge in [0, 0.05) is 0 Å². The van der Waals surface area contributed by atoms with Gasteiger partial charge < -0.3 is 4.74 Å². The van der Waals surface area contributed by atoms with Gasteiger partial charge in [0.05, 0.1) is 11.4 Å². The molecule has 0 radical (unpaired) electrons. The van der Waals surface area contributed by atoms with Crippen LogP contribution in [0, 0.1) is 0 Å². The smallest absolute Gasteiger partial charge is 0.375 e. The zero-order chi connectivity index (χ0) is 10.3. The van der Waals surface area contributed by atoms with Crippen molar-refractivity contribution >= 4 is 27.7 Å². The van der Waals surface area contributed by atoms with Gasteiger partial charge in [-0.05, 0) is 12.8 Å². The summed E-state index contributed by atoms with van der Waals surface area (Å²) in [5.41, 5.74) is 0. The van der Waals surface area contributed by atoms with Crippen LogP contribution < -0.4 is 0 Å². The summed E-state index contributed by atoms with van der Waals surface area (Å²) in [5, 5.41) is 0. The number of ether oxygens (including phenoxy) is 1. The number of hydrogen-bond donors (Lipinski definition) is 0. The molecule has 0 aliphatic carbocycles.